The first-order valence-corrected chi connectivity index (χ1v) is 6.50. The Hall–Kier alpha value is -1.97. The third-order valence-electron chi connectivity index (χ3n) is 2.25. The van der Waals surface area contributed by atoms with Gasteiger partial charge < -0.3 is 5.43 Å². The molecule has 8 nitrogen and oxygen atoms in total. The van der Waals surface area contributed by atoms with Crippen LogP contribution in [0.5, 0.6) is 0 Å². The van der Waals surface area contributed by atoms with E-state index in [0.717, 1.165) is 5.56 Å². The fraction of sp³-hybridized carbons (Fsp3) is 0.111. The number of hydrazine groups is 1. The molecule has 5 N–H and O–H groups in total. The summed E-state index contributed by atoms with van der Waals surface area (Å²) in [6.07, 6.45) is 5.82. The average Bonchev–Trinajstić information content (AvgIpc) is 2.89. The van der Waals surface area contributed by atoms with Crippen molar-refractivity contribution in [3.05, 3.63) is 36.4 Å². The summed E-state index contributed by atoms with van der Waals surface area (Å²) in [7, 11) is -3.68. The number of hydrogen-bond donors (Lipinski definition) is 4. The number of nitrogens with zero attached hydrogens (tertiary/aromatic N) is 2. The fourth-order valence-electron chi connectivity index (χ4n) is 1.34. The molecule has 0 radical (unpaired) electrons. The molecule has 0 bridgehead atoms. The van der Waals surface area contributed by atoms with Crippen molar-refractivity contribution in [2.24, 2.45) is 5.84 Å². The van der Waals surface area contributed by atoms with Gasteiger partial charge in [0, 0.05) is 30.7 Å². The van der Waals surface area contributed by atoms with E-state index < -0.39 is 10.0 Å². The molecule has 2 aromatic rings. The lowest BCUT2D eigenvalue weighted by atomic mass is 10.4. The number of anilines is 1. The summed E-state index contributed by atoms with van der Waals surface area (Å²) in [5, 5.41) is 6.32. The highest BCUT2D eigenvalue weighted by Gasteiger charge is 2.18. The number of nitrogens with one attached hydrogen (secondary N) is 3. The van der Waals surface area contributed by atoms with Gasteiger partial charge in [-0.2, -0.15) is 5.10 Å². The lowest BCUT2D eigenvalue weighted by Gasteiger charge is -2.09. The Morgan fingerprint density at radius 3 is 2.89 bits per heavy atom. The van der Waals surface area contributed by atoms with E-state index in [1.165, 1.54) is 24.7 Å². The highest BCUT2D eigenvalue weighted by Crippen LogP contribution is 2.18. The number of sulfonamides is 1. The molecule has 18 heavy (non-hydrogen) atoms. The maximum absolute atomic E-state index is 12.0. The van der Waals surface area contributed by atoms with Crippen LogP contribution in [0.3, 0.4) is 0 Å². The minimum atomic E-state index is -3.68. The van der Waals surface area contributed by atoms with Gasteiger partial charge in [0.25, 0.3) is 0 Å². The van der Waals surface area contributed by atoms with Crippen molar-refractivity contribution in [1.29, 1.82) is 0 Å². The Morgan fingerprint density at radius 2 is 2.22 bits per heavy atom. The molecule has 2 rings (SSSR count). The van der Waals surface area contributed by atoms with Gasteiger partial charge in [0.05, 0.1) is 11.9 Å². The number of pyridine rings is 1. The normalized spacial score (nSPS) is 11.4. The number of nitrogen functional groups attached to an aromatic ring is 1. The van der Waals surface area contributed by atoms with Crippen LogP contribution in [-0.2, 0) is 16.6 Å². The van der Waals surface area contributed by atoms with Crippen molar-refractivity contribution in [3.63, 3.8) is 0 Å². The van der Waals surface area contributed by atoms with Crippen LogP contribution in [0.25, 0.3) is 0 Å². The lowest BCUT2D eigenvalue weighted by Crippen LogP contribution is -2.25. The van der Waals surface area contributed by atoms with Crippen LogP contribution in [0.4, 0.5) is 5.69 Å². The van der Waals surface area contributed by atoms with Gasteiger partial charge in [-0.15, -0.1) is 0 Å². The number of rotatable bonds is 5. The monoisotopic (exact) mass is 268 g/mol. The molecule has 0 aliphatic rings. The molecular weight excluding hydrogens is 256 g/mol. The van der Waals surface area contributed by atoms with E-state index in [4.69, 9.17) is 5.84 Å². The quantitative estimate of drug-likeness (QED) is 0.430. The van der Waals surface area contributed by atoms with Crippen molar-refractivity contribution in [2.45, 2.75) is 11.4 Å². The number of H-pyrrole nitrogens is 1. The van der Waals surface area contributed by atoms with Crippen LogP contribution in [-0.4, -0.2) is 23.6 Å². The highest BCUT2D eigenvalue weighted by molar-refractivity contribution is 7.89. The van der Waals surface area contributed by atoms with Crippen molar-refractivity contribution in [3.8, 4) is 0 Å². The van der Waals surface area contributed by atoms with E-state index in [-0.39, 0.29) is 17.1 Å². The second kappa shape index (κ2) is 5.12. The first kappa shape index (κ1) is 12.5. The topological polar surface area (TPSA) is 126 Å². The Morgan fingerprint density at radius 1 is 1.39 bits per heavy atom. The molecule has 9 heteroatoms. The molecule has 0 aliphatic carbocycles. The van der Waals surface area contributed by atoms with Crippen molar-refractivity contribution < 1.29 is 8.42 Å². The minimum absolute atomic E-state index is 0.00371. The summed E-state index contributed by atoms with van der Waals surface area (Å²) >= 11 is 0. The third-order valence-corrected chi connectivity index (χ3v) is 3.68. The lowest BCUT2D eigenvalue weighted by molar-refractivity contribution is 0.581. The second-order valence-electron chi connectivity index (χ2n) is 3.45. The highest BCUT2D eigenvalue weighted by atomic mass is 32.2. The summed E-state index contributed by atoms with van der Waals surface area (Å²) < 4.78 is 26.5. The minimum Gasteiger partial charge on any atom is -0.323 e. The third kappa shape index (κ3) is 2.64. The molecule has 0 saturated carbocycles. The molecule has 2 aromatic heterocycles. The average molecular weight is 268 g/mol. The fourth-order valence-corrected chi connectivity index (χ4v) is 2.47. The van der Waals surface area contributed by atoms with Crippen molar-refractivity contribution >= 4 is 15.7 Å². The smallest absolute Gasteiger partial charge is 0.244 e. The van der Waals surface area contributed by atoms with Gasteiger partial charge in [0.2, 0.25) is 10.0 Å². The van der Waals surface area contributed by atoms with E-state index in [2.05, 4.69) is 25.3 Å². The van der Waals surface area contributed by atoms with E-state index in [1.807, 2.05) is 0 Å². The molecule has 0 spiro atoms. The standard InChI is InChI=1S/C9H12N6O2S/c10-15-8-1-2-11-6-9(8)18(16,17)14-5-7-3-12-13-4-7/h1-4,6,14H,5,10H2,(H,11,15)(H,12,13). The number of aromatic amines is 1. The van der Waals surface area contributed by atoms with Crippen molar-refractivity contribution in [2.75, 3.05) is 5.43 Å². The SMILES string of the molecule is NNc1ccncc1S(=O)(=O)NCc1cn[nH]c1. The first-order chi connectivity index (χ1) is 8.63. The molecule has 0 atom stereocenters. The first-order valence-electron chi connectivity index (χ1n) is 5.01. The van der Waals surface area contributed by atoms with Gasteiger partial charge >= 0.3 is 0 Å². The molecule has 0 unspecified atom stereocenters. The zero-order chi connectivity index (χ0) is 13.0. The maximum atomic E-state index is 12.0. The van der Waals surface area contributed by atoms with E-state index in [0.29, 0.717) is 0 Å². The van der Waals surface area contributed by atoms with Crippen LogP contribution >= 0.6 is 0 Å². The summed E-state index contributed by atoms with van der Waals surface area (Å²) in [6.45, 7) is 0.137. The molecule has 96 valence electrons. The predicted octanol–water partition coefficient (Wildman–Crippen LogP) is -0.431. The predicted molar refractivity (Wildman–Crippen MR) is 64.7 cm³/mol. The molecule has 0 aromatic carbocycles. The zero-order valence-electron chi connectivity index (χ0n) is 9.29. The van der Waals surface area contributed by atoms with Gasteiger partial charge in [-0.3, -0.25) is 15.9 Å². The van der Waals surface area contributed by atoms with Gasteiger partial charge in [-0.1, -0.05) is 0 Å². The molecule has 0 saturated heterocycles. The van der Waals surface area contributed by atoms with Crippen LogP contribution in [0.15, 0.2) is 35.7 Å². The summed E-state index contributed by atoms with van der Waals surface area (Å²) in [5.41, 5.74) is 3.33. The molecular formula is C9H12N6O2S. The van der Waals surface area contributed by atoms with Gasteiger partial charge in [-0.25, -0.2) is 13.1 Å². The Bertz CT molecular complexity index is 610. The van der Waals surface area contributed by atoms with Gasteiger partial charge in [0.15, 0.2) is 0 Å². The second-order valence-corrected chi connectivity index (χ2v) is 5.18. The Labute approximate surface area is 104 Å². The van der Waals surface area contributed by atoms with Gasteiger partial charge in [-0.05, 0) is 6.07 Å². The summed E-state index contributed by atoms with van der Waals surface area (Å²) in [5.74, 6) is 5.25. The van der Waals surface area contributed by atoms with Crippen LogP contribution in [0.2, 0.25) is 0 Å². The molecule has 0 aliphatic heterocycles. The summed E-state index contributed by atoms with van der Waals surface area (Å²) in [4.78, 5) is 3.77. The summed E-state index contributed by atoms with van der Waals surface area (Å²) in [6, 6.07) is 1.48. The number of aromatic nitrogens is 3. The van der Waals surface area contributed by atoms with Crippen molar-refractivity contribution in [1.82, 2.24) is 19.9 Å². The number of hydrogen-bond acceptors (Lipinski definition) is 6. The van der Waals surface area contributed by atoms with E-state index in [9.17, 15) is 8.42 Å². The zero-order valence-corrected chi connectivity index (χ0v) is 10.1. The van der Waals surface area contributed by atoms with Crippen LogP contribution in [0.1, 0.15) is 5.56 Å². The molecule has 0 fully saturated rings. The maximum Gasteiger partial charge on any atom is 0.244 e. The van der Waals surface area contributed by atoms with Crippen LogP contribution in [0, 0.1) is 0 Å². The van der Waals surface area contributed by atoms with Gasteiger partial charge in [0.1, 0.15) is 4.90 Å². The largest absolute Gasteiger partial charge is 0.323 e. The molecule has 0 amide bonds. The molecule has 2 heterocycles. The number of nitrogens with two attached hydrogens (primary N) is 1. The Balaban J connectivity index is 2.20. The van der Waals surface area contributed by atoms with E-state index in [1.54, 1.807) is 6.20 Å². The van der Waals surface area contributed by atoms with E-state index >= 15 is 0 Å². The Kier molecular flexibility index (Phi) is 3.55. The van der Waals surface area contributed by atoms with Crippen LogP contribution < -0.4 is 16.0 Å².